The van der Waals surface area contributed by atoms with E-state index < -0.39 is 5.97 Å². The zero-order valence-electron chi connectivity index (χ0n) is 9.64. The average Bonchev–Trinajstić information content (AvgIpc) is 3.01. The Morgan fingerprint density at radius 2 is 1.67 bits per heavy atom. The maximum atomic E-state index is 10.7. The van der Waals surface area contributed by atoms with Crippen molar-refractivity contribution in [2.24, 2.45) is 0 Å². The molecule has 0 saturated carbocycles. The van der Waals surface area contributed by atoms with Crippen LogP contribution in [0.1, 0.15) is 20.7 Å². The van der Waals surface area contributed by atoms with E-state index in [0.29, 0.717) is 11.1 Å². The molecule has 0 saturated heterocycles. The molecule has 0 bridgehead atoms. The van der Waals surface area contributed by atoms with Gasteiger partial charge in [-0.15, -0.1) is 5.97 Å². The molecule has 5 heteroatoms. The molecule has 0 aromatic heterocycles. The Morgan fingerprint density at radius 3 is 2.00 bits per heavy atom. The first kappa shape index (κ1) is 16.2. The summed E-state index contributed by atoms with van der Waals surface area (Å²) in [4.78, 5) is 20.7. The first-order valence-electron chi connectivity index (χ1n) is 4.90. The van der Waals surface area contributed by atoms with Crippen molar-refractivity contribution in [3.63, 3.8) is 0 Å². The minimum absolute atomic E-state index is 0. The molecule has 0 amide bonds. The summed E-state index contributed by atoms with van der Waals surface area (Å²) < 4.78 is 4.46. The predicted molar refractivity (Wildman–Crippen MR) is 62.4 cm³/mol. The number of aromatic carboxylic acids is 1. The van der Waals surface area contributed by atoms with Gasteiger partial charge in [-0.05, 0) is 0 Å². The fourth-order valence-electron chi connectivity index (χ4n) is 1.14. The molecule has 0 spiro atoms. The number of carbonyl (C=O) groups excluding carboxylic acids is 1. The van der Waals surface area contributed by atoms with E-state index in [1.807, 2.05) is 0 Å². The largest absolute Gasteiger partial charge is 0.681 e. The monoisotopic (exact) mass is 288 g/mol. The Balaban J connectivity index is 0.000000306. The van der Waals surface area contributed by atoms with Gasteiger partial charge in [-0.2, -0.15) is 12.1 Å². The van der Waals surface area contributed by atoms with Gasteiger partial charge in [0.15, 0.2) is 0 Å². The van der Waals surface area contributed by atoms with E-state index in [2.05, 4.69) is 4.74 Å². The van der Waals surface area contributed by atoms with Gasteiger partial charge in [0.2, 0.25) is 0 Å². The molecule has 2 aromatic carbocycles. The van der Waals surface area contributed by atoms with Crippen molar-refractivity contribution >= 4 is 11.9 Å². The topological polar surface area (TPSA) is 63.6 Å². The number of carboxylic acids is 1. The van der Waals surface area contributed by atoms with Crippen LogP contribution in [-0.2, 0) is 21.8 Å². The Bertz CT molecular complexity index is 457. The van der Waals surface area contributed by atoms with Crippen LogP contribution in [0.25, 0.3) is 0 Å². The minimum Gasteiger partial charge on any atom is -0.681 e. The molecular formula is C13H12FeO4-6. The van der Waals surface area contributed by atoms with Gasteiger partial charge in [0.1, 0.15) is 0 Å². The molecule has 4 nitrogen and oxygen atoms in total. The molecule has 0 fully saturated rings. The second kappa shape index (κ2) is 8.28. The molecule has 0 aliphatic carbocycles. The number of methoxy groups -OCH3 is 1. The zero-order chi connectivity index (χ0) is 12.7. The van der Waals surface area contributed by atoms with Crippen LogP contribution in [0.2, 0.25) is 0 Å². The number of rotatable bonds is 2. The smallest absolute Gasteiger partial charge is 0.280 e. The predicted octanol–water partition coefficient (Wildman–Crippen LogP) is 2.29. The molecule has 0 aliphatic heterocycles. The summed E-state index contributed by atoms with van der Waals surface area (Å²) in [6, 6.07) is 13.5. The summed E-state index contributed by atoms with van der Waals surface area (Å²) in [5.74, 6) is -1.14. The van der Waals surface area contributed by atoms with Crippen molar-refractivity contribution < 1.29 is 36.5 Å². The van der Waals surface area contributed by atoms with Crippen LogP contribution >= 0.6 is 0 Å². The number of carboxylic acid groups (broad SMARTS) is 1. The van der Waals surface area contributed by atoms with Crippen molar-refractivity contribution in [1.29, 1.82) is 0 Å². The van der Waals surface area contributed by atoms with Crippen LogP contribution in [0.3, 0.4) is 0 Å². The van der Waals surface area contributed by atoms with Crippen molar-refractivity contribution in [3.05, 3.63) is 59.7 Å². The fraction of sp³-hybridized carbons (Fsp3) is 0.0769. The molecule has 2 rings (SSSR count). The summed E-state index contributed by atoms with van der Waals surface area (Å²) in [6.45, 7) is 0. The summed E-state index contributed by atoms with van der Waals surface area (Å²) in [6.07, 6.45) is 0. The van der Waals surface area contributed by atoms with Crippen LogP contribution in [-0.4, -0.2) is 24.2 Å². The molecule has 2 aromatic rings. The van der Waals surface area contributed by atoms with Crippen LogP contribution in [0.4, 0.5) is 0 Å². The molecular weight excluding hydrogens is 276 g/mol. The Hall–Kier alpha value is -1.84. The molecule has 102 valence electrons. The van der Waals surface area contributed by atoms with Gasteiger partial charge in [0.25, 0.3) is 5.97 Å². The van der Waals surface area contributed by atoms with Crippen molar-refractivity contribution in [2.45, 2.75) is 0 Å². The van der Waals surface area contributed by atoms with Gasteiger partial charge >= 0.3 is 0 Å². The third-order valence-electron chi connectivity index (χ3n) is 1.99. The number of hydrogen-bond acceptors (Lipinski definition) is 3. The molecule has 0 heterocycles. The molecule has 0 atom stereocenters. The van der Waals surface area contributed by atoms with Crippen LogP contribution in [0.15, 0.2) is 48.5 Å². The van der Waals surface area contributed by atoms with Crippen molar-refractivity contribution in [3.8, 4) is 0 Å². The van der Waals surface area contributed by atoms with E-state index in [0.717, 1.165) is 0 Å². The van der Waals surface area contributed by atoms with E-state index in [4.69, 9.17) is 5.11 Å². The maximum absolute atomic E-state index is 10.7. The summed E-state index contributed by atoms with van der Waals surface area (Å²) in [7, 11) is 1.37. The van der Waals surface area contributed by atoms with Crippen LogP contribution in [0.5, 0.6) is 0 Å². The number of ether oxygens (including phenoxy) is 1. The maximum Gasteiger partial charge on any atom is 0.280 e. The quantitative estimate of drug-likeness (QED) is 0.523. The van der Waals surface area contributed by atoms with E-state index >= 15 is 0 Å². The van der Waals surface area contributed by atoms with Gasteiger partial charge in [-0.3, -0.25) is 4.79 Å². The Labute approximate surface area is 115 Å². The van der Waals surface area contributed by atoms with Gasteiger partial charge in [0, 0.05) is 17.1 Å². The normalized spacial score (nSPS) is 8.50. The van der Waals surface area contributed by atoms with Gasteiger partial charge in [0.05, 0.1) is 7.11 Å². The molecule has 0 radical (unpaired) electrons. The van der Waals surface area contributed by atoms with E-state index in [1.54, 1.807) is 48.5 Å². The second-order valence-corrected chi connectivity index (χ2v) is 3.14. The molecule has 0 unspecified atom stereocenters. The number of hydrogen-bond donors (Lipinski definition) is 1. The Kier molecular flexibility index (Phi) is 7.43. The van der Waals surface area contributed by atoms with E-state index in [-0.39, 0.29) is 23.0 Å². The van der Waals surface area contributed by atoms with E-state index in [1.165, 1.54) is 7.11 Å². The fourth-order valence-corrected chi connectivity index (χ4v) is 1.14. The summed E-state index contributed by atoms with van der Waals surface area (Å²) in [5.41, 5.74) is 0.961. The third-order valence-corrected chi connectivity index (χ3v) is 1.99. The summed E-state index contributed by atoms with van der Waals surface area (Å²) in [5, 5.41) is 8.27. The Morgan fingerprint density at radius 1 is 1.17 bits per heavy atom. The summed E-state index contributed by atoms with van der Waals surface area (Å²) >= 11 is 0. The second-order valence-electron chi connectivity index (χ2n) is 3.14. The number of esters is 1. The van der Waals surface area contributed by atoms with Crippen LogP contribution in [0, 0.1) is 0 Å². The van der Waals surface area contributed by atoms with Crippen molar-refractivity contribution in [1.82, 2.24) is 0 Å². The first-order valence-corrected chi connectivity index (χ1v) is 4.90. The van der Waals surface area contributed by atoms with Gasteiger partial charge < -0.3 is 44.5 Å². The van der Waals surface area contributed by atoms with Crippen LogP contribution < -0.4 is 0 Å². The number of carbonyl (C=O) groups is 2. The van der Waals surface area contributed by atoms with Crippen molar-refractivity contribution in [2.75, 3.05) is 7.11 Å². The van der Waals surface area contributed by atoms with Gasteiger partial charge in [-0.25, -0.2) is 12.1 Å². The van der Waals surface area contributed by atoms with E-state index in [9.17, 15) is 9.59 Å². The molecule has 1 N–H and O–H groups in total. The minimum atomic E-state index is -0.866. The average molecular weight is 288 g/mol. The SMILES string of the molecule is COC(=O)[c-]1cccc1.O=C(O)[c-]1[cH-][cH-][cH-][cH-]1.[Fe]. The third kappa shape index (κ3) is 4.99. The first-order chi connectivity index (χ1) is 8.15. The van der Waals surface area contributed by atoms with Gasteiger partial charge in [-0.1, -0.05) is 5.56 Å². The zero-order valence-corrected chi connectivity index (χ0v) is 10.7. The molecule has 0 aliphatic rings. The standard InChI is InChI=1S/C7H7O2.C6H5O2.Fe/c1-9-7(8)6-4-2-3-5-6;7-6(8)5-3-1-2-4-5;/h2-5H,1H3;1-4H,(H,7,8);/q-1;-5;. The molecule has 18 heavy (non-hydrogen) atoms.